The van der Waals surface area contributed by atoms with Crippen LogP contribution in [0.5, 0.6) is 0 Å². The van der Waals surface area contributed by atoms with Crippen molar-refractivity contribution in [3.63, 3.8) is 0 Å². The van der Waals surface area contributed by atoms with Crippen molar-refractivity contribution < 1.29 is 0 Å². The third kappa shape index (κ3) is 2.55. The topological polar surface area (TPSA) is 15.3 Å². The molecule has 2 saturated heterocycles. The molecule has 2 fully saturated rings. The summed E-state index contributed by atoms with van der Waals surface area (Å²) in [4.78, 5) is 2.49. The quantitative estimate of drug-likeness (QED) is 0.796. The summed E-state index contributed by atoms with van der Waals surface area (Å²) in [5.74, 6) is 0. The third-order valence-electron chi connectivity index (χ3n) is 3.00. The molecule has 74 valence electrons. The number of halogens is 1. The van der Waals surface area contributed by atoms with Gasteiger partial charge in [0.1, 0.15) is 0 Å². The minimum absolute atomic E-state index is 0.736. The van der Waals surface area contributed by atoms with Crippen LogP contribution in [0.1, 0.15) is 19.3 Å². The van der Waals surface area contributed by atoms with Crippen LogP contribution in [-0.2, 0) is 0 Å². The highest BCUT2D eigenvalue weighted by molar-refractivity contribution is 9.11. The van der Waals surface area contributed by atoms with Gasteiger partial charge in [0.2, 0.25) is 0 Å². The average molecular weight is 245 g/mol. The van der Waals surface area contributed by atoms with Gasteiger partial charge in [-0.15, -0.1) is 0 Å². The second-order valence-electron chi connectivity index (χ2n) is 4.18. The minimum atomic E-state index is 0.736. The Hall–Kier alpha value is 0.140. The Bertz CT molecular complexity index is 205. The van der Waals surface area contributed by atoms with E-state index in [4.69, 9.17) is 0 Å². The fraction of sp³-hybridized carbons (Fsp3) is 0.800. The Morgan fingerprint density at radius 1 is 1.38 bits per heavy atom. The zero-order valence-electron chi connectivity index (χ0n) is 7.93. The molecule has 3 heteroatoms. The predicted octanol–water partition coefficient (Wildman–Crippen LogP) is 1.72. The van der Waals surface area contributed by atoms with Crippen LogP contribution in [-0.4, -0.2) is 36.6 Å². The maximum atomic E-state index is 3.90. The van der Waals surface area contributed by atoms with Crippen molar-refractivity contribution in [1.29, 1.82) is 0 Å². The number of hydrogen-bond donors (Lipinski definition) is 1. The van der Waals surface area contributed by atoms with Gasteiger partial charge in [0.25, 0.3) is 0 Å². The van der Waals surface area contributed by atoms with Crippen LogP contribution in [0.2, 0.25) is 0 Å². The lowest BCUT2D eigenvalue weighted by Gasteiger charge is -2.23. The Kier molecular flexibility index (Phi) is 3.06. The summed E-state index contributed by atoms with van der Waals surface area (Å²) >= 11 is 3.43. The minimum Gasteiger partial charge on any atom is -0.310 e. The molecular weight excluding hydrogens is 228 g/mol. The number of nitrogens with one attached hydrogen (secondary N) is 1. The molecule has 2 aliphatic rings. The number of rotatable bonds is 2. The van der Waals surface area contributed by atoms with E-state index in [1.165, 1.54) is 32.4 Å². The lowest BCUT2D eigenvalue weighted by atomic mass is 10.1. The van der Waals surface area contributed by atoms with E-state index >= 15 is 0 Å². The molecule has 0 aromatic carbocycles. The van der Waals surface area contributed by atoms with Crippen molar-refractivity contribution >= 4 is 15.9 Å². The monoisotopic (exact) mass is 244 g/mol. The Morgan fingerprint density at radius 3 is 2.92 bits per heavy atom. The fourth-order valence-corrected chi connectivity index (χ4v) is 2.76. The summed E-state index contributed by atoms with van der Waals surface area (Å²) in [6.45, 7) is 7.32. The van der Waals surface area contributed by atoms with Crippen LogP contribution in [0.15, 0.2) is 11.1 Å². The molecule has 0 radical (unpaired) electrons. The maximum absolute atomic E-state index is 3.90. The molecule has 0 amide bonds. The van der Waals surface area contributed by atoms with E-state index < -0.39 is 0 Å². The van der Waals surface area contributed by atoms with Crippen molar-refractivity contribution in [2.24, 2.45) is 0 Å². The van der Waals surface area contributed by atoms with E-state index in [1.54, 1.807) is 0 Å². The summed E-state index contributed by atoms with van der Waals surface area (Å²) < 4.78 is 1.10. The second kappa shape index (κ2) is 4.11. The predicted molar refractivity (Wildman–Crippen MR) is 59.1 cm³/mol. The van der Waals surface area contributed by atoms with Gasteiger partial charge in [0, 0.05) is 36.2 Å². The average Bonchev–Trinajstić information content (AvgIpc) is 2.36. The van der Waals surface area contributed by atoms with Crippen LogP contribution in [0.4, 0.5) is 0 Å². The molecule has 2 atom stereocenters. The maximum Gasteiger partial charge on any atom is 0.0294 e. The van der Waals surface area contributed by atoms with Gasteiger partial charge in [-0.25, -0.2) is 0 Å². The Labute approximate surface area is 88.5 Å². The molecule has 2 heterocycles. The van der Waals surface area contributed by atoms with Crippen molar-refractivity contribution in [2.45, 2.75) is 31.3 Å². The zero-order chi connectivity index (χ0) is 9.26. The molecule has 2 nitrogen and oxygen atoms in total. The Morgan fingerprint density at radius 2 is 2.15 bits per heavy atom. The largest absolute Gasteiger partial charge is 0.310 e. The van der Waals surface area contributed by atoms with Crippen LogP contribution in [0.3, 0.4) is 0 Å². The molecule has 0 spiro atoms. The van der Waals surface area contributed by atoms with Crippen molar-refractivity contribution in [3.05, 3.63) is 11.1 Å². The molecule has 0 saturated carbocycles. The van der Waals surface area contributed by atoms with E-state index in [0.29, 0.717) is 0 Å². The normalized spacial score (nSPS) is 34.5. The van der Waals surface area contributed by atoms with E-state index in [0.717, 1.165) is 23.1 Å². The summed E-state index contributed by atoms with van der Waals surface area (Å²) in [7, 11) is 0. The van der Waals surface area contributed by atoms with Gasteiger partial charge in [-0.1, -0.05) is 22.5 Å². The van der Waals surface area contributed by atoms with Crippen molar-refractivity contribution in [1.82, 2.24) is 10.2 Å². The zero-order valence-corrected chi connectivity index (χ0v) is 9.52. The summed E-state index contributed by atoms with van der Waals surface area (Å²) in [5.41, 5.74) is 0. The van der Waals surface area contributed by atoms with Gasteiger partial charge in [0.05, 0.1) is 0 Å². The summed E-state index contributed by atoms with van der Waals surface area (Å²) in [6.07, 6.45) is 4.04. The first kappa shape index (κ1) is 9.69. The van der Waals surface area contributed by atoms with Crippen LogP contribution >= 0.6 is 15.9 Å². The first-order valence-corrected chi connectivity index (χ1v) is 5.85. The highest BCUT2D eigenvalue weighted by Crippen LogP contribution is 2.21. The van der Waals surface area contributed by atoms with Gasteiger partial charge in [0.15, 0.2) is 0 Å². The first-order valence-electron chi connectivity index (χ1n) is 5.06. The molecule has 2 aliphatic heterocycles. The molecule has 2 rings (SSSR count). The molecular formula is C10H17BrN2. The number of fused-ring (bicyclic) bond motifs is 2. The van der Waals surface area contributed by atoms with E-state index in [9.17, 15) is 0 Å². The molecule has 2 bridgehead atoms. The second-order valence-corrected chi connectivity index (χ2v) is 5.30. The van der Waals surface area contributed by atoms with Gasteiger partial charge in [-0.3, -0.25) is 4.90 Å². The third-order valence-corrected chi connectivity index (χ3v) is 3.25. The van der Waals surface area contributed by atoms with Crippen LogP contribution < -0.4 is 5.32 Å². The molecule has 13 heavy (non-hydrogen) atoms. The van der Waals surface area contributed by atoms with Gasteiger partial charge in [-0.05, 0) is 19.3 Å². The summed E-state index contributed by atoms with van der Waals surface area (Å²) in [5, 5.41) is 3.67. The fourth-order valence-electron chi connectivity index (χ4n) is 2.40. The highest BCUT2D eigenvalue weighted by atomic mass is 79.9. The van der Waals surface area contributed by atoms with E-state index in [2.05, 4.69) is 32.7 Å². The molecule has 0 aliphatic carbocycles. The number of likely N-dealkylation sites (tertiary alicyclic amines) is 1. The SMILES string of the molecule is C=C(Br)CN1CCC2CCC(C1)N2. The first-order chi connectivity index (χ1) is 6.24. The molecule has 0 aromatic heterocycles. The standard InChI is InChI=1S/C10H17BrN2/c1-8(11)6-13-5-4-9-2-3-10(7-13)12-9/h9-10,12H,1-7H2. The Balaban J connectivity index is 1.89. The lowest BCUT2D eigenvalue weighted by Crippen LogP contribution is -2.35. The van der Waals surface area contributed by atoms with Crippen LogP contribution in [0.25, 0.3) is 0 Å². The molecule has 2 unspecified atom stereocenters. The van der Waals surface area contributed by atoms with Crippen molar-refractivity contribution in [2.75, 3.05) is 19.6 Å². The number of nitrogens with zero attached hydrogens (tertiary/aromatic N) is 1. The van der Waals surface area contributed by atoms with Gasteiger partial charge in [-0.2, -0.15) is 0 Å². The molecule has 1 N–H and O–H groups in total. The number of hydrogen-bond acceptors (Lipinski definition) is 2. The van der Waals surface area contributed by atoms with E-state index in [1.807, 2.05) is 0 Å². The van der Waals surface area contributed by atoms with E-state index in [-0.39, 0.29) is 0 Å². The highest BCUT2D eigenvalue weighted by Gasteiger charge is 2.28. The lowest BCUT2D eigenvalue weighted by molar-refractivity contribution is 0.283. The molecule has 0 aromatic rings. The smallest absolute Gasteiger partial charge is 0.0294 e. The van der Waals surface area contributed by atoms with Crippen molar-refractivity contribution in [3.8, 4) is 0 Å². The van der Waals surface area contributed by atoms with Crippen LogP contribution in [0, 0.1) is 0 Å². The summed E-state index contributed by atoms with van der Waals surface area (Å²) in [6, 6.07) is 1.53. The van der Waals surface area contributed by atoms with Gasteiger partial charge < -0.3 is 5.32 Å². The van der Waals surface area contributed by atoms with Gasteiger partial charge >= 0.3 is 0 Å².